The van der Waals surface area contributed by atoms with E-state index in [0.717, 1.165) is 12.0 Å². The number of aromatic nitrogens is 2. The number of amides is 2. The van der Waals surface area contributed by atoms with E-state index in [1.54, 1.807) is 36.2 Å². The predicted molar refractivity (Wildman–Crippen MR) is 102 cm³/mol. The maximum Gasteiger partial charge on any atom is 0.274 e. The fourth-order valence-electron chi connectivity index (χ4n) is 2.92. The predicted octanol–water partition coefficient (Wildman–Crippen LogP) is 1.02. The summed E-state index contributed by atoms with van der Waals surface area (Å²) in [4.78, 5) is 26.6. The van der Waals surface area contributed by atoms with Crippen LogP contribution in [-0.2, 0) is 11.3 Å². The van der Waals surface area contributed by atoms with Gasteiger partial charge in [0.25, 0.3) is 5.91 Å². The van der Waals surface area contributed by atoms with Gasteiger partial charge in [0.05, 0.1) is 14.2 Å². The van der Waals surface area contributed by atoms with E-state index in [2.05, 4.69) is 15.5 Å². The molecule has 1 aliphatic rings. The lowest BCUT2D eigenvalue weighted by Crippen LogP contribution is -2.48. The first-order valence-electron chi connectivity index (χ1n) is 8.91. The second-order valence-corrected chi connectivity index (χ2v) is 6.28. The summed E-state index contributed by atoms with van der Waals surface area (Å²) in [5.74, 6) is 1.72. The minimum atomic E-state index is -0.176. The summed E-state index contributed by atoms with van der Waals surface area (Å²) in [5, 5.41) is 11.3. The smallest absolute Gasteiger partial charge is 0.274 e. The number of carbonyl (C=O) groups is 2. The molecule has 1 fully saturated rings. The molecule has 0 spiro atoms. The highest BCUT2D eigenvalue weighted by molar-refractivity contribution is 5.92. The number of ether oxygens (including phenoxy) is 2. The number of benzene rings is 1. The lowest BCUT2D eigenvalue weighted by Gasteiger charge is -2.32. The van der Waals surface area contributed by atoms with Gasteiger partial charge in [-0.25, -0.2) is 0 Å². The van der Waals surface area contributed by atoms with Gasteiger partial charge in [-0.05, 0) is 29.8 Å². The Morgan fingerprint density at radius 2 is 1.82 bits per heavy atom. The van der Waals surface area contributed by atoms with E-state index < -0.39 is 0 Å². The second-order valence-electron chi connectivity index (χ2n) is 6.28. The van der Waals surface area contributed by atoms with Gasteiger partial charge in [0.2, 0.25) is 6.41 Å². The van der Waals surface area contributed by atoms with E-state index in [9.17, 15) is 9.59 Å². The van der Waals surface area contributed by atoms with Crippen molar-refractivity contribution in [2.24, 2.45) is 0 Å². The third-order valence-electron chi connectivity index (χ3n) is 4.56. The van der Waals surface area contributed by atoms with E-state index >= 15 is 0 Å². The molecular formula is C19H23N5O4. The standard InChI is InChI=1S/C19H23N5O4/c1-27-16-5-3-14(11-17(16)28-2)12-20-18-6-4-15(21-22-18)19(26)24-9-7-23(13-25)8-10-24/h3-6,11,13H,7-10,12H2,1-2H3,(H,20,22). The minimum absolute atomic E-state index is 0.176. The van der Waals surface area contributed by atoms with Crippen molar-refractivity contribution in [1.82, 2.24) is 20.0 Å². The largest absolute Gasteiger partial charge is 0.493 e. The van der Waals surface area contributed by atoms with Crippen molar-refractivity contribution in [1.29, 1.82) is 0 Å². The molecule has 28 heavy (non-hydrogen) atoms. The molecule has 2 aromatic rings. The minimum Gasteiger partial charge on any atom is -0.493 e. The zero-order chi connectivity index (χ0) is 19.9. The van der Waals surface area contributed by atoms with Crippen LogP contribution in [0.25, 0.3) is 0 Å². The number of nitrogens with one attached hydrogen (secondary N) is 1. The quantitative estimate of drug-likeness (QED) is 0.711. The molecule has 148 valence electrons. The van der Waals surface area contributed by atoms with Crippen LogP contribution in [-0.4, -0.2) is 72.7 Å². The first kappa shape index (κ1) is 19.4. The van der Waals surface area contributed by atoms with Crippen molar-refractivity contribution in [2.45, 2.75) is 6.54 Å². The highest BCUT2D eigenvalue weighted by Crippen LogP contribution is 2.27. The van der Waals surface area contributed by atoms with Gasteiger partial charge in [-0.1, -0.05) is 6.07 Å². The van der Waals surface area contributed by atoms with Gasteiger partial charge in [0.1, 0.15) is 5.82 Å². The van der Waals surface area contributed by atoms with E-state index in [1.165, 1.54) is 0 Å². The first-order chi connectivity index (χ1) is 13.6. The average Bonchev–Trinajstić information content (AvgIpc) is 2.77. The van der Waals surface area contributed by atoms with Crippen LogP contribution < -0.4 is 14.8 Å². The van der Waals surface area contributed by atoms with Crippen molar-refractivity contribution < 1.29 is 19.1 Å². The molecule has 3 rings (SSSR count). The van der Waals surface area contributed by atoms with Crippen LogP contribution in [0.15, 0.2) is 30.3 Å². The molecule has 1 aromatic heterocycles. The first-order valence-corrected chi connectivity index (χ1v) is 8.91. The van der Waals surface area contributed by atoms with Crippen LogP contribution in [0.5, 0.6) is 11.5 Å². The Morgan fingerprint density at radius 1 is 1.07 bits per heavy atom. The number of carbonyl (C=O) groups excluding carboxylic acids is 2. The van der Waals surface area contributed by atoms with Crippen LogP contribution in [0.2, 0.25) is 0 Å². The Morgan fingerprint density at radius 3 is 2.43 bits per heavy atom. The molecule has 9 nitrogen and oxygen atoms in total. The Hall–Kier alpha value is -3.36. The lowest BCUT2D eigenvalue weighted by molar-refractivity contribution is -0.119. The Kier molecular flexibility index (Phi) is 6.25. The summed E-state index contributed by atoms with van der Waals surface area (Å²) in [5.41, 5.74) is 1.28. The fraction of sp³-hybridized carbons (Fsp3) is 0.368. The number of hydrogen-bond donors (Lipinski definition) is 1. The summed E-state index contributed by atoms with van der Waals surface area (Å²) in [6, 6.07) is 9.03. The summed E-state index contributed by atoms with van der Waals surface area (Å²) in [6.45, 7) is 2.59. The van der Waals surface area contributed by atoms with Crippen LogP contribution in [0.1, 0.15) is 16.1 Å². The normalized spacial score (nSPS) is 13.8. The average molecular weight is 385 g/mol. The summed E-state index contributed by atoms with van der Waals surface area (Å²) >= 11 is 0. The third-order valence-corrected chi connectivity index (χ3v) is 4.56. The Bertz CT molecular complexity index is 820. The molecule has 1 aliphatic heterocycles. The van der Waals surface area contributed by atoms with Gasteiger partial charge in [0, 0.05) is 32.7 Å². The van der Waals surface area contributed by atoms with Crippen molar-refractivity contribution in [3.63, 3.8) is 0 Å². The van der Waals surface area contributed by atoms with E-state index in [-0.39, 0.29) is 11.6 Å². The molecule has 1 saturated heterocycles. The van der Waals surface area contributed by atoms with Gasteiger partial charge in [0.15, 0.2) is 17.2 Å². The molecule has 0 bridgehead atoms. The number of anilines is 1. The molecule has 0 radical (unpaired) electrons. The highest BCUT2D eigenvalue weighted by Gasteiger charge is 2.22. The topological polar surface area (TPSA) is 96.9 Å². The third kappa shape index (κ3) is 4.48. The number of hydrogen-bond acceptors (Lipinski definition) is 7. The summed E-state index contributed by atoms with van der Waals surface area (Å²) in [7, 11) is 3.19. The van der Waals surface area contributed by atoms with Crippen LogP contribution in [0.3, 0.4) is 0 Å². The number of nitrogens with zero attached hydrogens (tertiary/aromatic N) is 4. The Labute approximate surface area is 163 Å². The molecule has 9 heteroatoms. The number of piperazine rings is 1. The maximum atomic E-state index is 12.5. The van der Waals surface area contributed by atoms with Crippen molar-refractivity contribution >= 4 is 18.1 Å². The van der Waals surface area contributed by atoms with Gasteiger partial charge >= 0.3 is 0 Å². The van der Waals surface area contributed by atoms with Crippen molar-refractivity contribution in [2.75, 3.05) is 45.7 Å². The summed E-state index contributed by atoms with van der Waals surface area (Å²) in [6.07, 6.45) is 0.806. The van der Waals surface area contributed by atoms with Crippen LogP contribution >= 0.6 is 0 Å². The molecule has 1 aromatic carbocycles. The number of methoxy groups -OCH3 is 2. The molecule has 1 N–H and O–H groups in total. The van der Waals surface area contributed by atoms with Crippen molar-refractivity contribution in [3.05, 3.63) is 41.6 Å². The maximum absolute atomic E-state index is 12.5. The summed E-state index contributed by atoms with van der Waals surface area (Å²) < 4.78 is 10.5. The molecule has 2 heterocycles. The second kappa shape index (κ2) is 9.03. The van der Waals surface area contributed by atoms with E-state index in [0.29, 0.717) is 50.0 Å². The molecular weight excluding hydrogens is 362 g/mol. The zero-order valence-electron chi connectivity index (χ0n) is 15.9. The van der Waals surface area contributed by atoms with Gasteiger partial charge in [-0.3, -0.25) is 9.59 Å². The molecule has 0 unspecified atom stereocenters. The Balaban J connectivity index is 1.57. The monoisotopic (exact) mass is 385 g/mol. The van der Waals surface area contributed by atoms with Crippen LogP contribution in [0, 0.1) is 0 Å². The molecule has 0 saturated carbocycles. The fourth-order valence-corrected chi connectivity index (χ4v) is 2.92. The SMILES string of the molecule is COc1ccc(CNc2ccc(C(=O)N3CCN(C=O)CC3)nn2)cc1OC. The molecule has 0 atom stereocenters. The zero-order valence-corrected chi connectivity index (χ0v) is 15.9. The van der Waals surface area contributed by atoms with Gasteiger partial charge < -0.3 is 24.6 Å². The van der Waals surface area contributed by atoms with Crippen LogP contribution in [0.4, 0.5) is 5.82 Å². The lowest BCUT2D eigenvalue weighted by atomic mass is 10.2. The molecule has 2 amide bonds. The van der Waals surface area contributed by atoms with Gasteiger partial charge in [-0.15, -0.1) is 10.2 Å². The van der Waals surface area contributed by atoms with E-state index in [4.69, 9.17) is 9.47 Å². The van der Waals surface area contributed by atoms with Crippen molar-refractivity contribution in [3.8, 4) is 11.5 Å². The van der Waals surface area contributed by atoms with E-state index in [1.807, 2.05) is 18.2 Å². The van der Waals surface area contributed by atoms with Gasteiger partial charge in [-0.2, -0.15) is 0 Å². The molecule has 0 aliphatic carbocycles. The highest BCUT2D eigenvalue weighted by atomic mass is 16.5. The number of rotatable bonds is 7.